The van der Waals surface area contributed by atoms with Gasteiger partial charge in [0.1, 0.15) is 0 Å². The Hall–Kier alpha value is -2.29. The average Bonchev–Trinajstić information content (AvgIpc) is 2.52. The molecule has 0 unspecified atom stereocenters. The molecule has 0 spiro atoms. The molecule has 3 nitrogen and oxygen atoms in total. The Bertz CT molecular complexity index is 564. The van der Waals surface area contributed by atoms with E-state index in [0.717, 1.165) is 11.1 Å². The fourth-order valence-corrected chi connectivity index (χ4v) is 2.11. The van der Waals surface area contributed by atoms with Crippen LogP contribution < -0.4 is 11.5 Å². The first-order chi connectivity index (χ1) is 7.66. The van der Waals surface area contributed by atoms with E-state index in [0.29, 0.717) is 22.5 Å². The van der Waals surface area contributed by atoms with E-state index in [-0.39, 0.29) is 5.78 Å². The van der Waals surface area contributed by atoms with Crippen LogP contribution in [0.4, 0.5) is 11.4 Å². The Morgan fingerprint density at radius 2 is 1.12 bits per heavy atom. The SMILES string of the molecule is Nc1ccc2c(c1)-c1cc(N)ccc1C2=O. The van der Waals surface area contributed by atoms with Crippen LogP contribution in [0.15, 0.2) is 36.4 Å². The molecule has 2 aromatic rings. The average molecular weight is 210 g/mol. The molecule has 0 radical (unpaired) electrons. The second kappa shape index (κ2) is 2.85. The van der Waals surface area contributed by atoms with E-state index >= 15 is 0 Å². The minimum Gasteiger partial charge on any atom is -0.399 e. The number of rotatable bonds is 0. The molecule has 0 amide bonds. The van der Waals surface area contributed by atoms with Gasteiger partial charge in [-0.2, -0.15) is 0 Å². The molecule has 0 heterocycles. The van der Waals surface area contributed by atoms with Crippen LogP contribution in [0.3, 0.4) is 0 Å². The second-order valence-corrected chi connectivity index (χ2v) is 3.94. The molecule has 0 fully saturated rings. The lowest BCUT2D eigenvalue weighted by atomic mass is 10.0. The zero-order valence-corrected chi connectivity index (χ0v) is 8.53. The molecule has 1 aliphatic rings. The fraction of sp³-hybridized carbons (Fsp3) is 0. The van der Waals surface area contributed by atoms with Crippen LogP contribution in [0.5, 0.6) is 0 Å². The molecule has 2 aromatic carbocycles. The maximum Gasteiger partial charge on any atom is 0.194 e. The first-order valence-corrected chi connectivity index (χ1v) is 5.01. The van der Waals surface area contributed by atoms with E-state index in [1.807, 2.05) is 12.1 Å². The number of benzene rings is 2. The van der Waals surface area contributed by atoms with Crippen LogP contribution in [0, 0.1) is 0 Å². The summed E-state index contributed by atoms with van der Waals surface area (Å²) in [5.41, 5.74) is 15.9. The minimum absolute atomic E-state index is 0.0463. The normalized spacial score (nSPS) is 12.4. The van der Waals surface area contributed by atoms with Gasteiger partial charge in [0.2, 0.25) is 0 Å². The predicted molar refractivity (Wildman–Crippen MR) is 64.1 cm³/mol. The van der Waals surface area contributed by atoms with Gasteiger partial charge in [0.05, 0.1) is 0 Å². The number of carbonyl (C=O) groups is 1. The van der Waals surface area contributed by atoms with Crippen molar-refractivity contribution in [3.05, 3.63) is 47.5 Å². The van der Waals surface area contributed by atoms with E-state index in [1.54, 1.807) is 24.3 Å². The minimum atomic E-state index is 0.0463. The topological polar surface area (TPSA) is 69.1 Å². The van der Waals surface area contributed by atoms with E-state index in [1.165, 1.54) is 0 Å². The van der Waals surface area contributed by atoms with Gasteiger partial charge in [-0.3, -0.25) is 4.79 Å². The van der Waals surface area contributed by atoms with Gasteiger partial charge in [-0.15, -0.1) is 0 Å². The zero-order valence-electron chi connectivity index (χ0n) is 8.53. The lowest BCUT2D eigenvalue weighted by molar-refractivity contribution is 0.104. The molecule has 0 bridgehead atoms. The molecule has 4 N–H and O–H groups in total. The number of nitrogens with two attached hydrogens (primary N) is 2. The van der Waals surface area contributed by atoms with E-state index in [4.69, 9.17) is 11.5 Å². The number of nitrogen functional groups attached to an aromatic ring is 2. The highest BCUT2D eigenvalue weighted by atomic mass is 16.1. The summed E-state index contributed by atoms with van der Waals surface area (Å²) in [6.45, 7) is 0. The van der Waals surface area contributed by atoms with E-state index < -0.39 is 0 Å². The Morgan fingerprint density at radius 1 is 0.688 bits per heavy atom. The van der Waals surface area contributed by atoms with Crippen LogP contribution in [0.25, 0.3) is 11.1 Å². The summed E-state index contributed by atoms with van der Waals surface area (Å²) >= 11 is 0. The standard InChI is InChI=1S/C13H10N2O/c14-7-1-3-9-11(5-7)12-6-8(15)2-4-10(12)13(9)16/h1-6H,14-15H2. The molecule has 0 saturated carbocycles. The first kappa shape index (κ1) is 8.97. The summed E-state index contributed by atoms with van der Waals surface area (Å²) in [5.74, 6) is 0.0463. The van der Waals surface area contributed by atoms with Crippen molar-refractivity contribution in [2.75, 3.05) is 11.5 Å². The van der Waals surface area contributed by atoms with Gasteiger partial charge in [-0.1, -0.05) is 0 Å². The van der Waals surface area contributed by atoms with Gasteiger partial charge in [-0.25, -0.2) is 0 Å². The van der Waals surface area contributed by atoms with Gasteiger partial charge in [0.15, 0.2) is 5.78 Å². The summed E-state index contributed by atoms with van der Waals surface area (Å²) in [4.78, 5) is 12.0. The van der Waals surface area contributed by atoms with E-state index in [9.17, 15) is 4.79 Å². The molecular formula is C13H10N2O. The molecule has 0 atom stereocenters. The number of ketones is 1. The van der Waals surface area contributed by atoms with Crippen LogP contribution in [-0.2, 0) is 0 Å². The third-order valence-corrected chi connectivity index (χ3v) is 2.87. The number of hydrogen-bond acceptors (Lipinski definition) is 3. The Morgan fingerprint density at radius 3 is 1.56 bits per heavy atom. The van der Waals surface area contributed by atoms with Crippen LogP contribution in [0.1, 0.15) is 15.9 Å². The van der Waals surface area contributed by atoms with Crippen molar-refractivity contribution < 1.29 is 4.79 Å². The van der Waals surface area contributed by atoms with Crippen molar-refractivity contribution in [3.63, 3.8) is 0 Å². The lowest BCUT2D eigenvalue weighted by Gasteiger charge is -2.01. The number of hydrogen-bond donors (Lipinski definition) is 2. The molecule has 3 heteroatoms. The van der Waals surface area contributed by atoms with Gasteiger partial charge in [0.25, 0.3) is 0 Å². The Labute approximate surface area is 92.7 Å². The quantitative estimate of drug-likeness (QED) is 0.558. The number of anilines is 2. The monoisotopic (exact) mass is 210 g/mol. The van der Waals surface area contributed by atoms with Crippen molar-refractivity contribution >= 4 is 17.2 Å². The number of carbonyl (C=O) groups excluding carboxylic acids is 1. The van der Waals surface area contributed by atoms with Crippen molar-refractivity contribution in [1.82, 2.24) is 0 Å². The summed E-state index contributed by atoms with van der Waals surface area (Å²) in [6, 6.07) is 10.7. The van der Waals surface area contributed by atoms with Crippen LogP contribution >= 0.6 is 0 Å². The zero-order chi connectivity index (χ0) is 11.3. The third kappa shape index (κ3) is 1.05. The maximum atomic E-state index is 12.0. The summed E-state index contributed by atoms with van der Waals surface area (Å²) in [7, 11) is 0. The summed E-state index contributed by atoms with van der Waals surface area (Å²) in [6.07, 6.45) is 0. The molecule has 78 valence electrons. The predicted octanol–water partition coefficient (Wildman–Crippen LogP) is 2.06. The smallest absolute Gasteiger partial charge is 0.194 e. The van der Waals surface area contributed by atoms with Crippen molar-refractivity contribution in [1.29, 1.82) is 0 Å². The van der Waals surface area contributed by atoms with Crippen molar-refractivity contribution in [2.45, 2.75) is 0 Å². The Balaban J connectivity index is 2.37. The van der Waals surface area contributed by atoms with Crippen LogP contribution in [-0.4, -0.2) is 5.78 Å². The molecule has 1 aliphatic carbocycles. The highest BCUT2D eigenvalue weighted by Crippen LogP contribution is 2.38. The third-order valence-electron chi connectivity index (χ3n) is 2.87. The number of fused-ring (bicyclic) bond motifs is 3. The van der Waals surface area contributed by atoms with E-state index in [2.05, 4.69) is 0 Å². The highest BCUT2D eigenvalue weighted by molar-refractivity contribution is 6.22. The van der Waals surface area contributed by atoms with Gasteiger partial charge >= 0.3 is 0 Å². The van der Waals surface area contributed by atoms with Crippen molar-refractivity contribution in [2.24, 2.45) is 0 Å². The molecule has 16 heavy (non-hydrogen) atoms. The van der Waals surface area contributed by atoms with Gasteiger partial charge in [0, 0.05) is 22.5 Å². The lowest BCUT2D eigenvalue weighted by Crippen LogP contribution is -1.95. The molecule has 0 aromatic heterocycles. The fourth-order valence-electron chi connectivity index (χ4n) is 2.11. The van der Waals surface area contributed by atoms with Gasteiger partial charge < -0.3 is 11.5 Å². The maximum absolute atomic E-state index is 12.0. The molecule has 0 aliphatic heterocycles. The first-order valence-electron chi connectivity index (χ1n) is 5.01. The van der Waals surface area contributed by atoms with Crippen molar-refractivity contribution in [3.8, 4) is 11.1 Å². The molecule has 0 saturated heterocycles. The summed E-state index contributed by atoms with van der Waals surface area (Å²) in [5, 5.41) is 0. The Kier molecular flexibility index (Phi) is 1.60. The largest absolute Gasteiger partial charge is 0.399 e. The highest BCUT2D eigenvalue weighted by Gasteiger charge is 2.26. The summed E-state index contributed by atoms with van der Waals surface area (Å²) < 4.78 is 0. The second-order valence-electron chi connectivity index (χ2n) is 3.94. The van der Waals surface area contributed by atoms with Crippen LogP contribution in [0.2, 0.25) is 0 Å². The molecular weight excluding hydrogens is 200 g/mol. The molecule has 3 rings (SSSR count). The van der Waals surface area contributed by atoms with Gasteiger partial charge in [-0.05, 0) is 47.5 Å².